The average molecular weight is 325 g/mol. The van der Waals surface area contributed by atoms with E-state index in [9.17, 15) is 9.18 Å². The lowest BCUT2D eigenvalue weighted by Gasteiger charge is -2.08. The number of aromatic nitrogens is 3. The molecular formula is C17H16FN5O. The van der Waals surface area contributed by atoms with Gasteiger partial charge in [-0.05, 0) is 23.8 Å². The van der Waals surface area contributed by atoms with Crippen LogP contribution < -0.4 is 10.6 Å². The van der Waals surface area contributed by atoms with Crippen molar-refractivity contribution in [2.45, 2.75) is 6.54 Å². The van der Waals surface area contributed by atoms with Crippen LogP contribution in [0.3, 0.4) is 0 Å². The van der Waals surface area contributed by atoms with Gasteiger partial charge < -0.3 is 10.6 Å². The molecule has 6 nitrogen and oxygen atoms in total. The minimum atomic E-state index is -0.477. The Morgan fingerprint density at radius 1 is 1.21 bits per heavy atom. The van der Waals surface area contributed by atoms with Gasteiger partial charge in [-0.25, -0.2) is 9.18 Å². The summed E-state index contributed by atoms with van der Waals surface area (Å²) in [5, 5.41) is 9.23. The second kappa shape index (κ2) is 6.91. The highest BCUT2D eigenvalue weighted by atomic mass is 19.1. The molecule has 0 bridgehead atoms. The standard InChI is InChI=1S/C17H16FN5O/c1-23-11-13(10-21-23)15-7-6-12(8-19-15)9-20-17(24)22-16-5-3-2-4-14(16)18/h2-8,10-11H,9H2,1H3,(H2,20,22,24). The summed E-state index contributed by atoms with van der Waals surface area (Å²) in [5.74, 6) is -0.477. The minimum absolute atomic E-state index is 0.139. The van der Waals surface area contributed by atoms with Crippen molar-refractivity contribution in [1.29, 1.82) is 0 Å². The number of rotatable bonds is 4. The zero-order chi connectivity index (χ0) is 16.9. The number of anilines is 1. The average Bonchev–Trinajstić information content (AvgIpc) is 3.02. The first kappa shape index (κ1) is 15.7. The molecule has 0 fully saturated rings. The summed E-state index contributed by atoms with van der Waals surface area (Å²) in [6.45, 7) is 0.292. The molecule has 3 rings (SSSR count). The molecule has 0 unspecified atom stereocenters. The molecule has 1 aromatic carbocycles. The molecule has 3 aromatic rings. The molecule has 2 heterocycles. The second-order valence-electron chi connectivity index (χ2n) is 5.24. The number of urea groups is 1. The summed E-state index contributed by atoms with van der Waals surface area (Å²) in [5.41, 5.74) is 2.71. The largest absolute Gasteiger partial charge is 0.334 e. The number of halogens is 1. The van der Waals surface area contributed by atoms with E-state index in [2.05, 4.69) is 20.7 Å². The molecule has 2 N–H and O–H groups in total. The van der Waals surface area contributed by atoms with Gasteiger partial charge in [-0.1, -0.05) is 18.2 Å². The number of pyridine rings is 1. The Labute approximate surface area is 138 Å². The number of para-hydroxylation sites is 1. The summed E-state index contributed by atoms with van der Waals surface area (Å²) >= 11 is 0. The Morgan fingerprint density at radius 3 is 2.71 bits per heavy atom. The van der Waals surface area contributed by atoms with Crippen molar-refractivity contribution in [3.63, 3.8) is 0 Å². The van der Waals surface area contributed by atoms with E-state index in [0.717, 1.165) is 16.8 Å². The normalized spacial score (nSPS) is 10.4. The topological polar surface area (TPSA) is 71.8 Å². The van der Waals surface area contributed by atoms with Gasteiger partial charge in [0.2, 0.25) is 0 Å². The highest BCUT2D eigenvalue weighted by Gasteiger charge is 2.06. The summed E-state index contributed by atoms with van der Waals surface area (Å²) in [4.78, 5) is 16.2. The smallest absolute Gasteiger partial charge is 0.319 e. The van der Waals surface area contributed by atoms with Gasteiger partial charge in [0.15, 0.2) is 0 Å². The van der Waals surface area contributed by atoms with Crippen LogP contribution in [0.1, 0.15) is 5.56 Å². The lowest BCUT2D eigenvalue weighted by Crippen LogP contribution is -2.28. The number of nitrogens with one attached hydrogen (secondary N) is 2. The first-order chi connectivity index (χ1) is 11.6. The molecule has 24 heavy (non-hydrogen) atoms. The van der Waals surface area contributed by atoms with E-state index in [4.69, 9.17) is 0 Å². The molecular weight excluding hydrogens is 309 g/mol. The van der Waals surface area contributed by atoms with Gasteiger partial charge in [-0.15, -0.1) is 0 Å². The van der Waals surface area contributed by atoms with Crippen molar-refractivity contribution in [3.05, 3.63) is 66.4 Å². The first-order valence-electron chi connectivity index (χ1n) is 7.35. The van der Waals surface area contributed by atoms with Gasteiger partial charge in [0.1, 0.15) is 5.82 Å². The zero-order valence-corrected chi connectivity index (χ0v) is 13.0. The van der Waals surface area contributed by atoms with Gasteiger partial charge in [-0.2, -0.15) is 5.10 Å². The summed E-state index contributed by atoms with van der Waals surface area (Å²) in [7, 11) is 1.84. The second-order valence-corrected chi connectivity index (χ2v) is 5.24. The molecule has 122 valence electrons. The molecule has 0 saturated heterocycles. The van der Waals surface area contributed by atoms with Crippen LogP contribution in [-0.4, -0.2) is 20.8 Å². The van der Waals surface area contributed by atoms with E-state index < -0.39 is 11.8 Å². The number of hydrogen-bond acceptors (Lipinski definition) is 3. The molecule has 0 aliphatic carbocycles. The predicted octanol–water partition coefficient (Wildman–Crippen LogP) is 2.94. The molecule has 0 radical (unpaired) electrons. The number of benzene rings is 1. The zero-order valence-electron chi connectivity index (χ0n) is 13.0. The monoisotopic (exact) mass is 325 g/mol. The van der Waals surface area contributed by atoms with Crippen molar-refractivity contribution in [2.24, 2.45) is 7.05 Å². The van der Waals surface area contributed by atoms with E-state index in [1.165, 1.54) is 12.1 Å². The number of hydrogen-bond donors (Lipinski definition) is 2. The number of carbonyl (C=O) groups excluding carboxylic acids is 1. The highest BCUT2D eigenvalue weighted by Crippen LogP contribution is 2.15. The Morgan fingerprint density at radius 2 is 2.04 bits per heavy atom. The molecule has 2 amide bonds. The third kappa shape index (κ3) is 3.75. The maximum atomic E-state index is 13.5. The van der Waals surface area contributed by atoms with Crippen LogP contribution in [0, 0.1) is 5.82 Å². The van der Waals surface area contributed by atoms with Crippen molar-refractivity contribution in [3.8, 4) is 11.3 Å². The van der Waals surface area contributed by atoms with Crippen LogP contribution in [0.2, 0.25) is 0 Å². The van der Waals surface area contributed by atoms with E-state index in [1.807, 2.05) is 25.4 Å². The molecule has 7 heteroatoms. The van der Waals surface area contributed by atoms with Crippen LogP contribution >= 0.6 is 0 Å². The van der Waals surface area contributed by atoms with Crippen molar-refractivity contribution in [1.82, 2.24) is 20.1 Å². The maximum absolute atomic E-state index is 13.5. The SMILES string of the molecule is Cn1cc(-c2ccc(CNC(=O)Nc3ccccc3F)cn2)cn1. The summed E-state index contributed by atoms with van der Waals surface area (Å²) in [6.07, 6.45) is 5.30. The highest BCUT2D eigenvalue weighted by molar-refractivity contribution is 5.89. The molecule has 0 aliphatic heterocycles. The minimum Gasteiger partial charge on any atom is -0.334 e. The third-order valence-corrected chi connectivity index (χ3v) is 3.40. The fourth-order valence-corrected chi connectivity index (χ4v) is 2.16. The number of aryl methyl sites for hydroxylation is 1. The van der Waals surface area contributed by atoms with Crippen LogP contribution in [0.15, 0.2) is 55.0 Å². The van der Waals surface area contributed by atoms with Crippen molar-refractivity contribution in [2.75, 3.05) is 5.32 Å². The van der Waals surface area contributed by atoms with Crippen molar-refractivity contribution >= 4 is 11.7 Å². The molecule has 0 atom stereocenters. The Kier molecular flexibility index (Phi) is 4.51. The van der Waals surface area contributed by atoms with Gasteiger partial charge >= 0.3 is 6.03 Å². The predicted molar refractivity (Wildman–Crippen MR) is 88.7 cm³/mol. The van der Waals surface area contributed by atoms with Crippen LogP contribution in [-0.2, 0) is 13.6 Å². The molecule has 0 spiro atoms. The molecule has 0 aliphatic rings. The lowest BCUT2D eigenvalue weighted by molar-refractivity contribution is 0.251. The Balaban J connectivity index is 1.57. The van der Waals surface area contributed by atoms with E-state index >= 15 is 0 Å². The van der Waals surface area contributed by atoms with Crippen LogP contribution in [0.5, 0.6) is 0 Å². The fourth-order valence-electron chi connectivity index (χ4n) is 2.16. The van der Waals surface area contributed by atoms with Gasteiger partial charge in [0.05, 0.1) is 17.6 Å². The quantitative estimate of drug-likeness (QED) is 0.775. The Hall–Kier alpha value is -3.22. The number of nitrogens with zero attached hydrogens (tertiary/aromatic N) is 3. The van der Waals surface area contributed by atoms with E-state index in [0.29, 0.717) is 6.54 Å². The lowest BCUT2D eigenvalue weighted by atomic mass is 10.2. The van der Waals surface area contributed by atoms with E-state index in [1.54, 1.807) is 29.2 Å². The number of amides is 2. The van der Waals surface area contributed by atoms with Gasteiger partial charge in [0.25, 0.3) is 0 Å². The summed E-state index contributed by atoms with van der Waals surface area (Å²) < 4.78 is 15.2. The van der Waals surface area contributed by atoms with Crippen LogP contribution in [0.25, 0.3) is 11.3 Å². The first-order valence-corrected chi connectivity index (χ1v) is 7.35. The molecule has 2 aromatic heterocycles. The molecule has 0 saturated carbocycles. The third-order valence-electron chi connectivity index (χ3n) is 3.40. The fraction of sp³-hybridized carbons (Fsp3) is 0.118. The van der Waals surface area contributed by atoms with Gasteiger partial charge in [-0.3, -0.25) is 9.67 Å². The van der Waals surface area contributed by atoms with Gasteiger partial charge in [0, 0.05) is 31.5 Å². The van der Waals surface area contributed by atoms with Crippen molar-refractivity contribution < 1.29 is 9.18 Å². The Bertz CT molecular complexity index is 844. The van der Waals surface area contributed by atoms with Crippen LogP contribution in [0.4, 0.5) is 14.9 Å². The number of carbonyl (C=O) groups is 1. The maximum Gasteiger partial charge on any atom is 0.319 e. The van der Waals surface area contributed by atoms with E-state index in [-0.39, 0.29) is 5.69 Å². The summed E-state index contributed by atoms with van der Waals surface area (Å²) in [6, 6.07) is 9.27.